The normalized spacial score (nSPS) is 14.9. The first-order valence-corrected chi connectivity index (χ1v) is 48.1. The van der Waals surface area contributed by atoms with Gasteiger partial charge in [-0.3, -0.25) is 57.6 Å². The number of ether oxygens (including phenoxy) is 17. The predicted molar refractivity (Wildman–Crippen MR) is 510 cm³/mol. The number of likely N-dealkylation sites (N-methyl/N-ethyl adjacent to an activating group) is 2. The lowest BCUT2D eigenvalue weighted by atomic mass is 9.89. The Balaban J connectivity index is 1.93. The first-order chi connectivity index (χ1) is 66.1. The Labute approximate surface area is 816 Å². The SMILES string of the molecule is CC[C@H](C)[C@@H]([C@@H](CC(=O)N1CCC[C@H]1[C@H](OC)[C@@H](C)C(=O)N[C@H](CNCCCOC(=O)C(C)NC(=O)OCC(NC(=O)CNC(=O)CNC(=O)CNC(=O)CNC(=O)CCNC(=O)CCOCC(C)(C)C)C(=O)NCCOCCOCCOCCOCCOCCOCCOCCOCCOCCOCCOCCOC)Cc1ccccc1)OC)N(C)C(=O)[C@@H](NC(=O)[C@H](C(C)C)N(C)C)C(C)C. The second-order valence-electron chi connectivity index (χ2n) is 35.3. The van der Waals surface area contributed by atoms with Crippen molar-refractivity contribution >= 4 is 77.0 Å². The Bertz CT molecular complexity index is 3530. The molecule has 1 aliphatic rings. The number of hydrogen-bond acceptors (Lipinski definition) is 32. The van der Waals surface area contributed by atoms with Crippen molar-refractivity contribution < 1.29 is 143 Å². The predicted octanol–water partition coefficient (Wildman–Crippen LogP) is -0.147. The van der Waals surface area contributed by atoms with Gasteiger partial charge in [0.2, 0.25) is 65.0 Å². The highest BCUT2D eigenvalue weighted by molar-refractivity contribution is 5.93. The van der Waals surface area contributed by atoms with Crippen LogP contribution < -0.4 is 58.5 Å². The second-order valence-corrected chi connectivity index (χ2v) is 35.3. The molecule has 0 saturated carbocycles. The lowest BCUT2D eigenvalue weighted by Crippen LogP contribution is -2.59. The van der Waals surface area contributed by atoms with Crippen molar-refractivity contribution in [2.45, 2.75) is 182 Å². The van der Waals surface area contributed by atoms with Gasteiger partial charge in [-0.05, 0) is 82.0 Å². The van der Waals surface area contributed by atoms with Crippen LogP contribution in [-0.4, -0.2) is 426 Å². The van der Waals surface area contributed by atoms with Crippen molar-refractivity contribution in [1.82, 2.24) is 73.2 Å². The van der Waals surface area contributed by atoms with Gasteiger partial charge in [0.1, 0.15) is 24.7 Å². The van der Waals surface area contributed by atoms with Gasteiger partial charge in [0.15, 0.2) is 0 Å². The minimum Gasteiger partial charge on any atom is -0.464 e. The van der Waals surface area contributed by atoms with Crippen LogP contribution in [0.25, 0.3) is 0 Å². The fraction of sp³-hybridized carbons (Fsp3) is 0.798. The largest absolute Gasteiger partial charge is 0.464 e. The van der Waals surface area contributed by atoms with Crippen LogP contribution in [0.15, 0.2) is 30.3 Å². The maximum Gasteiger partial charge on any atom is 0.407 e. The lowest BCUT2D eigenvalue weighted by molar-refractivity contribution is -0.148. The lowest BCUT2D eigenvalue weighted by Gasteiger charge is -2.41. The van der Waals surface area contributed by atoms with Crippen molar-refractivity contribution in [3.8, 4) is 0 Å². The van der Waals surface area contributed by atoms with Crippen LogP contribution in [0.4, 0.5) is 4.79 Å². The van der Waals surface area contributed by atoms with Crippen LogP contribution in [0.5, 0.6) is 0 Å². The summed E-state index contributed by atoms with van der Waals surface area (Å²) in [6.45, 7) is 28.1. The smallest absolute Gasteiger partial charge is 0.407 e. The van der Waals surface area contributed by atoms with Crippen LogP contribution in [0.1, 0.15) is 127 Å². The van der Waals surface area contributed by atoms with Crippen molar-refractivity contribution in [3.63, 3.8) is 0 Å². The molecule has 1 aromatic rings. The number of nitrogens with one attached hydrogen (secondary N) is 11. The highest BCUT2D eigenvalue weighted by Crippen LogP contribution is 2.30. The van der Waals surface area contributed by atoms with E-state index in [4.69, 9.17) is 80.5 Å². The van der Waals surface area contributed by atoms with Crippen LogP contribution in [-0.2, 0) is 144 Å². The molecule has 1 heterocycles. The van der Waals surface area contributed by atoms with Gasteiger partial charge in [-0.2, -0.15) is 0 Å². The van der Waals surface area contributed by atoms with Gasteiger partial charge in [0.05, 0.1) is 241 Å². The molecule has 1 aromatic carbocycles. The molecule has 0 spiro atoms. The molecule has 2 rings (SSSR count). The van der Waals surface area contributed by atoms with E-state index in [1.54, 1.807) is 30.9 Å². The average molecular weight is 1970 g/mol. The maximum absolute atomic E-state index is 14.7. The van der Waals surface area contributed by atoms with Crippen LogP contribution in [0, 0.1) is 29.1 Å². The molecule has 794 valence electrons. The molecule has 44 nitrogen and oxygen atoms in total. The van der Waals surface area contributed by atoms with Gasteiger partial charge < -0.3 is 149 Å². The van der Waals surface area contributed by atoms with Crippen LogP contribution in [0.2, 0.25) is 0 Å². The number of carbonyl (C=O) groups excluding carboxylic acids is 13. The third kappa shape index (κ3) is 59.3. The third-order valence-corrected chi connectivity index (χ3v) is 21.6. The first kappa shape index (κ1) is 126. The summed E-state index contributed by atoms with van der Waals surface area (Å²) in [5.74, 6) is -7.90. The van der Waals surface area contributed by atoms with Gasteiger partial charge in [-0.15, -0.1) is 0 Å². The van der Waals surface area contributed by atoms with E-state index in [1.165, 1.54) is 21.1 Å². The number of alkyl carbamates (subject to hydrolysis) is 1. The molecule has 12 amide bonds. The van der Waals surface area contributed by atoms with Crippen molar-refractivity contribution in [2.75, 3.05) is 280 Å². The summed E-state index contributed by atoms with van der Waals surface area (Å²) in [5.41, 5.74) is 0.903. The Morgan fingerprint density at radius 2 is 0.964 bits per heavy atom. The van der Waals surface area contributed by atoms with E-state index in [-0.39, 0.29) is 125 Å². The number of carbonyl (C=O) groups is 13. The van der Waals surface area contributed by atoms with E-state index in [1.807, 2.05) is 112 Å². The molecular weight excluding hydrogens is 1810 g/mol. The Morgan fingerprint density at radius 1 is 0.478 bits per heavy atom. The number of benzene rings is 1. The minimum absolute atomic E-state index is 0.00524. The minimum atomic E-state index is -1.56. The Hall–Kier alpha value is -8.55. The molecular formula is C94H168N14O30. The molecule has 138 heavy (non-hydrogen) atoms. The molecule has 0 radical (unpaired) electrons. The fourth-order valence-corrected chi connectivity index (χ4v) is 14.2. The first-order valence-electron chi connectivity index (χ1n) is 48.1. The molecule has 11 N–H and O–H groups in total. The van der Waals surface area contributed by atoms with E-state index >= 15 is 0 Å². The summed E-state index contributed by atoms with van der Waals surface area (Å²) in [5, 5.41) is 28.8. The van der Waals surface area contributed by atoms with Crippen molar-refractivity contribution in [1.29, 1.82) is 0 Å². The third-order valence-electron chi connectivity index (χ3n) is 21.6. The molecule has 2 unspecified atom stereocenters. The number of nitrogens with zero attached hydrogens (tertiary/aromatic N) is 3. The summed E-state index contributed by atoms with van der Waals surface area (Å²) in [6.07, 6.45) is 0.0390. The Kier molecular flexibility index (Phi) is 70.2. The number of rotatable bonds is 83. The monoisotopic (exact) mass is 1970 g/mol. The van der Waals surface area contributed by atoms with Crippen molar-refractivity contribution in [3.05, 3.63) is 35.9 Å². The van der Waals surface area contributed by atoms with Gasteiger partial charge in [0.25, 0.3) is 0 Å². The molecule has 44 heteroatoms. The van der Waals surface area contributed by atoms with Gasteiger partial charge in [0, 0.05) is 73.4 Å². The molecule has 1 fully saturated rings. The Morgan fingerprint density at radius 3 is 1.43 bits per heavy atom. The standard InChI is InChI=1S/C94H168N14O30/c1-18-69(6)86(107(14)91(119)84(67(2)3)105-90(118)85(68(4)5)106(12)13)76(123-16)59-83(115)108-32-22-26-75(108)87(124-17)70(7)88(116)103-73(58-72-24-20-19-21-25-72)60-95-29-23-33-137-92(120)71(8)102-93(121)138-65-74(104-82(114)64-101-81(113)63-100-80(112)62-99-79(111)61-98-77(109)27-30-96-78(110)28-34-136-66-94(9,10)11)89(117)97-31-35-125-38-39-127-42-43-129-46-47-131-50-51-133-54-55-135-57-56-134-53-52-132-49-48-130-45-44-128-41-40-126-37-36-122-15/h19-21,24-25,67-71,73-76,84-87,95H,18,22-23,26-66H2,1-17H3,(H,96,110)(H,97,117)(H,98,109)(H,99,111)(H,100,112)(H,101,113)(H,102,121)(H,103,116)(H,104,114)(H,105,118)/t69-,70+,71?,73-,74?,75-,76+,84-,85-,86-,87+/m0/s1. The molecule has 1 saturated heterocycles. The van der Waals surface area contributed by atoms with Gasteiger partial charge >= 0.3 is 12.1 Å². The highest BCUT2D eigenvalue weighted by atomic mass is 16.6. The zero-order valence-electron chi connectivity index (χ0n) is 85.1. The highest BCUT2D eigenvalue weighted by Gasteiger charge is 2.44. The molecule has 11 atom stereocenters. The van der Waals surface area contributed by atoms with Gasteiger partial charge in [-0.25, -0.2) is 9.59 Å². The number of methoxy groups -OCH3 is 3. The summed E-state index contributed by atoms with van der Waals surface area (Å²) in [4.78, 5) is 178. The van der Waals surface area contributed by atoms with E-state index < -0.39 is 141 Å². The quantitative estimate of drug-likeness (QED) is 0.0298. The summed E-state index contributed by atoms with van der Waals surface area (Å²) in [6, 6.07) is 4.04. The summed E-state index contributed by atoms with van der Waals surface area (Å²) < 4.78 is 94.1. The number of amides is 12. The molecule has 0 bridgehead atoms. The summed E-state index contributed by atoms with van der Waals surface area (Å²) >= 11 is 0. The summed E-state index contributed by atoms with van der Waals surface area (Å²) in [7, 11) is 10.0. The van der Waals surface area contributed by atoms with Crippen molar-refractivity contribution in [2.24, 2.45) is 29.1 Å². The van der Waals surface area contributed by atoms with Gasteiger partial charge in [-0.1, -0.05) is 106 Å². The van der Waals surface area contributed by atoms with E-state index in [0.717, 1.165) is 5.56 Å². The van der Waals surface area contributed by atoms with Crippen LogP contribution >= 0.6 is 0 Å². The maximum atomic E-state index is 14.7. The average Bonchev–Trinajstić information content (AvgIpc) is 1.72. The topological polar surface area (TPSA) is 521 Å². The number of likely N-dealkylation sites (tertiary alicyclic amines) is 1. The number of hydrogen-bond donors (Lipinski definition) is 11. The van der Waals surface area contributed by atoms with E-state index in [2.05, 4.69) is 58.5 Å². The zero-order valence-corrected chi connectivity index (χ0v) is 85.1. The number of esters is 1. The molecule has 0 aromatic heterocycles. The molecule has 1 aliphatic heterocycles. The molecule has 0 aliphatic carbocycles. The van der Waals surface area contributed by atoms with Crippen LogP contribution in [0.3, 0.4) is 0 Å². The second kappa shape index (κ2) is 77.2. The van der Waals surface area contributed by atoms with E-state index in [0.29, 0.717) is 184 Å². The van der Waals surface area contributed by atoms with E-state index in [9.17, 15) is 62.3 Å². The zero-order chi connectivity index (χ0) is 102. The fourth-order valence-electron chi connectivity index (χ4n) is 14.2.